The van der Waals surface area contributed by atoms with E-state index in [4.69, 9.17) is 9.47 Å². The summed E-state index contributed by atoms with van der Waals surface area (Å²) in [5.74, 6) is -1.11. The van der Waals surface area contributed by atoms with Gasteiger partial charge in [0.2, 0.25) is 11.7 Å². The van der Waals surface area contributed by atoms with E-state index < -0.39 is 18.1 Å². The molecular formula is C35H39N9O8. The standard InChI is InChI=1S/C35H39N9O8/c1-19-9-22-14-36-24-13-28(27(51-5)12-23(24)34(48)44(22)15-19)52-8-6-7-30(45)39-29-18-43(4)31(40-29)33(47)38-20-10-25(41(2)16-20)32(46)37-21-11-26(35(49)50)42(3)17-21/h10-14,16-18,22,32,37,46H,1,6-9,15H2,2-5H3,(H,38,47)(H,39,45)(H,49,50)/t22-,32?/m0/s1. The molecule has 5 heterocycles. The summed E-state index contributed by atoms with van der Waals surface area (Å²) in [4.78, 5) is 60.9. The maximum absolute atomic E-state index is 13.2. The Balaban J connectivity index is 1.00. The number of hydrogen-bond acceptors (Lipinski definition) is 10. The lowest BCUT2D eigenvalue weighted by Gasteiger charge is -2.20. The maximum atomic E-state index is 13.2. The molecule has 0 spiro atoms. The fourth-order valence-corrected chi connectivity index (χ4v) is 6.16. The van der Waals surface area contributed by atoms with Crippen LogP contribution in [-0.4, -0.2) is 90.0 Å². The van der Waals surface area contributed by atoms with Crippen LogP contribution >= 0.6 is 0 Å². The van der Waals surface area contributed by atoms with Gasteiger partial charge in [0.05, 0.1) is 48.1 Å². The fraction of sp³-hybridized carbons (Fsp3) is 0.314. The van der Waals surface area contributed by atoms with E-state index >= 15 is 0 Å². The molecule has 0 saturated carbocycles. The second kappa shape index (κ2) is 14.5. The summed E-state index contributed by atoms with van der Waals surface area (Å²) >= 11 is 0. The summed E-state index contributed by atoms with van der Waals surface area (Å²) in [5, 5.41) is 28.3. The van der Waals surface area contributed by atoms with Crippen molar-refractivity contribution in [3.8, 4) is 11.5 Å². The van der Waals surface area contributed by atoms with E-state index in [1.165, 1.54) is 28.5 Å². The zero-order chi connectivity index (χ0) is 37.3. The van der Waals surface area contributed by atoms with Crippen LogP contribution in [0.25, 0.3) is 0 Å². The van der Waals surface area contributed by atoms with Crippen LogP contribution in [0.1, 0.15) is 62.6 Å². The van der Waals surface area contributed by atoms with Gasteiger partial charge in [-0.1, -0.05) is 12.2 Å². The van der Waals surface area contributed by atoms with Gasteiger partial charge in [0, 0.05) is 65.0 Å². The Kier molecular flexibility index (Phi) is 9.87. The number of amides is 3. The molecule has 1 fully saturated rings. The number of aliphatic hydroxyl groups is 1. The topological polar surface area (TPSA) is 207 Å². The lowest BCUT2D eigenvalue weighted by molar-refractivity contribution is -0.116. The number of aryl methyl sites for hydroxylation is 3. The lowest BCUT2D eigenvalue weighted by Crippen LogP contribution is -2.35. The quantitative estimate of drug-likeness (QED) is 0.0775. The highest BCUT2D eigenvalue weighted by atomic mass is 16.5. The summed E-state index contributed by atoms with van der Waals surface area (Å²) in [7, 11) is 6.37. The van der Waals surface area contributed by atoms with Gasteiger partial charge >= 0.3 is 5.97 Å². The molecule has 0 radical (unpaired) electrons. The summed E-state index contributed by atoms with van der Waals surface area (Å²) in [6.07, 6.45) is 6.35. The van der Waals surface area contributed by atoms with Crippen LogP contribution in [0.4, 0.5) is 22.9 Å². The minimum Gasteiger partial charge on any atom is -0.493 e. The number of hydrogen-bond donors (Lipinski definition) is 5. The lowest BCUT2D eigenvalue weighted by atomic mass is 10.1. The molecular weight excluding hydrogens is 674 g/mol. The number of carbonyl (C=O) groups excluding carboxylic acids is 3. The Labute approximate surface area is 298 Å². The Morgan fingerprint density at radius 2 is 1.79 bits per heavy atom. The van der Waals surface area contributed by atoms with Crippen molar-refractivity contribution >= 4 is 52.8 Å². The van der Waals surface area contributed by atoms with E-state index in [-0.39, 0.29) is 48.2 Å². The Morgan fingerprint density at radius 1 is 1.02 bits per heavy atom. The number of aromatic carboxylic acids is 1. The van der Waals surface area contributed by atoms with E-state index in [0.717, 1.165) is 5.57 Å². The number of methoxy groups -OCH3 is 1. The first kappa shape index (κ1) is 35.5. The number of carboxylic acid groups (broad SMARTS) is 1. The minimum absolute atomic E-state index is 0.0370. The van der Waals surface area contributed by atoms with Crippen LogP contribution in [-0.2, 0) is 25.9 Å². The summed E-state index contributed by atoms with van der Waals surface area (Å²) in [6, 6.07) is 6.12. The molecule has 6 rings (SSSR count). The molecule has 5 N–H and O–H groups in total. The number of imidazole rings is 1. The van der Waals surface area contributed by atoms with Crippen LogP contribution in [0.15, 0.2) is 60.0 Å². The molecule has 3 aromatic heterocycles. The first-order valence-electron chi connectivity index (χ1n) is 16.3. The van der Waals surface area contributed by atoms with Gasteiger partial charge in [0.25, 0.3) is 11.8 Å². The molecule has 0 bridgehead atoms. The number of aliphatic hydroxyl groups excluding tert-OH is 1. The molecule has 272 valence electrons. The normalized spacial score (nSPS) is 15.5. The molecule has 2 aliphatic heterocycles. The highest BCUT2D eigenvalue weighted by Crippen LogP contribution is 2.38. The van der Waals surface area contributed by atoms with Gasteiger partial charge < -0.3 is 54.2 Å². The SMILES string of the molecule is C=C1C[C@H]2C=Nc3cc(OCCCC(=O)Nc4cn(C)c(C(=O)Nc5cc(C(O)Nc6cc(C(=O)O)n(C)c6)n(C)c5)n4)c(OC)cc3C(=O)N2C1. The van der Waals surface area contributed by atoms with Crippen molar-refractivity contribution in [3.05, 3.63) is 77.8 Å². The van der Waals surface area contributed by atoms with Crippen LogP contribution < -0.4 is 25.4 Å². The predicted molar refractivity (Wildman–Crippen MR) is 191 cm³/mol. The molecule has 0 aliphatic carbocycles. The molecule has 17 nitrogen and oxygen atoms in total. The number of nitrogens with zero attached hydrogens (tertiary/aromatic N) is 6. The van der Waals surface area contributed by atoms with Crippen molar-refractivity contribution in [1.82, 2.24) is 23.6 Å². The van der Waals surface area contributed by atoms with Crippen LogP contribution in [0, 0.1) is 0 Å². The van der Waals surface area contributed by atoms with Crippen LogP contribution in [0.2, 0.25) is 0 Å². The third kappa shape index (κ3) is 7.39. The predicted octanol–water partition coefficient (Wildman–Crippen LogP) is 3.44. The Bertz CT molecular complexity index is 2110. The molecule has 2 aliphatic rings. The molecule has 1 aromatic carbocycles. The van der Waals surface area contributed by atoms with Gasteiger partial charge in [-0.3, -0.25) is 19.4 Å². The second-order valence-corrected chi connectivity index (χ2v) is 12.6. The van der Waals surface area contributed by atoms with E-state index in [9.17, 15) is 29.4 Å². The molecule has 3 amide bonds. The first-order chi connectivity index (χ1) is 24.8. The van der Waals surface area contributed by atoms with Crippen molar-refractivity contribution in [1.29, 1.82) is 0 Å². The second-order valence-electron chi connectivity index (χ2n) is 12.6. The number of benzene rings is 1. The first-order valence-corrected chi connectivity index (χ1v) is 16.3. The van der Waals surface area contributed by atoms with Crippen molar-refractivity contribution in [2.45, 2.75) is 31.5 Å². The number of anilines is 3. The number of fused-ring (bicyclic) bond motifs is 2. The van der Waals surface area contributed by atoms with Gasteiger partial charge in [-0.15, -0.1) is 0 Å². The van der Waals surface area contributed by atoms with E-state index in [0.29, 0.717) is 59.2 Å². The average Bonchev–Trinajstić information content (AvgIpc) is 3.84. The molecule has 4 aromatic rings. The fourth-order valence-electron chi connectivity index (χ4n) is 6.16. The average molecular weight is 714 g/mol. The summed E-state index contributed by atoms with van der Waals surface area (Å²) in [6.45, 7) is 4.67. The third-order valence-electron chi connectivity index (χ3n) is 8.71. The molecule has 1 saturated heterocycles. The van der Waals surface area contributed by atoms with Gasteiger partial charge in [-0.25, -0.2) is 9.78 Å². The van der Waals surface area contributed by atoms with Crippen LogP contribution in [0.3, 0.4) is 0 Å². The zero-order valence-corrected chi connectivity index (χ0v) is 29.0. The molecule has 2 atom stereocenters. The van der Waals surface area contributed by atoms with Gasteiger partial charge in [0.15, 0.2) is 23.5 Å². The highest BCUT2D eigenvalue weighted by Gasteiger charge is 2.34. The molecule has 52 heavy (non-hydrogen) atoms. The van der Waals surface area contributed by atoms with Crippen molar-refractivity contribution in [2.24, 2.45) is 26.1 Å². The van der Waals surface area contributed by atoms with Crippen molar-refractivity contribution in [3.63, 3.8) is 0 Å². The number of ether oxygens (including phenoxy) is 2. The van der Waals surface area contributed by atoms with Crippen molar-refractivity contribution in [2.75, 3.05) is 36.2 Å². The smallest absolute Gasteiger partial charge is 0.352 e. The summed E-state index contributed by atoms with van der Waals surface area (Å²) in [5.41, 5.74) is 3.13. The number of aromatic nitrogens is 4. The van der Waals surface area contributed by atoms with E-state index in [2.05, 4.69) is 32.5 Å². The number of rotatable bonds is 13. The van der Waals surface area contributed by atoms with E-state index in [1.54, 1.807) is 67.4 Å². The van der Waals surface area contributed by atoms with Crippen molar-refractivity contribution < 1.29 is 38.9 Å². The number of carbonyl (C=O) groups is 4. The maximum Gasteiger partial charge on any atom is 0.352 e. The van der Waals surface area contributed by atoms with Gasteiger partial charge in [-0.2, -0.15) is 0 Å². The number of aliphatic imine (C=N–C) groups is 1. The van der Waals surface area contributed by atoms with Gasteiger partial charge in [-0.05, 0) is 31.0 Å². The monoisotopic (exact) mass is 713 g/mol. The van der Waals surface area contributed by atoms with Crippen LogP contribution in [0.5, 0.6) is 11.5 Å². The zero-order valence-electron chi connectivity index (χ0n) is 29.0. The Hall–Kier alpha value is -6.36. The third-order valence-corrected chi connectivity index (χ3v) is 8.71. The molecule has 17 heteroatoms. The Morgan fingerprint density at radius 3 is 2.52 bits per heavy atom. The van der Waals surface area contributed by atoms with E-state index in [1.807, 2.05) is 0 Å². The highest BCUT2D eigenvalue weighted by molar-refractivity contribution is 6.04. The van der Waals surface area contributed by atoms with Gasteiger partial charge in [0.1, 0.15) is 5.69 Å². The molecule has 1 unspecified atom stereocenters. The largest absolute Gasteiger partial charge is 0.493 e. The number of carboxylic acids is 1. The minimum atomic E-state index is -1.20. The summed E-state index contributed by atoms with van der Waals surface area (Å²) < 4.78 is 15.9. The number of nitrogens with one attached hydrogen (secondary N) is 3.